The van der Waals surface area contributed by atoms with Crippen LogP contribution in [0.2, 0.25) is 5.02 Å². The number of hydrogen-bond donors (Lipinski definition) is 3. The van der Waals surface area contributed by atoms with Crippen molar-refractivity contribution in [3.05, 3.63) is 65.7 Å². The van der Waals surface area contributed by atoms with Gasteiger partial charge in [-0.2, -0.15) is 0 Å². The third-order valence-corrected chi connectivity index (χ3v) is 4.75. The fourth-order valence-electron chi connectivity index (χ4n) is 3.11. The number of rotatable bonds is 4. The molecule has 8 heteroatoms. The first kappa shape index (κ1) is 17.9. The smallest absolute Gasteiger partial charge is 0.155 e. The number of pyridine rings is 2. The first-order valence-electron chi connectivity index (χ1n) is 8.66. The molecule has 0 unspecified atom stereocenters. The summed E-state index contributed by atoms with van der Waals surface area (Å²) >= 11 is 6.27. The highest BCUT2D eigenvalue weighted by atomic mass is 35.5. The largest absolute Gasteiger partial charge is 0.393 e. The summed E-state index contributed by atoms with van der Waals surface area (Å²) in [6.45, 7) is 2.00. The van der Waals surface area contributed by atoms with E-state index in [1.54, 1.807) is 6.20 Å². The minimum atomic E-state index is -0.176. The highest BCUT2D eigenvalue weighted by Crippen LogP contribution is 2.36. The number of fused-ring (bicyclic) bond motifs is 1. The molecule has 28 heavy (non-hydrogen) atoms. The lowest BCUT2D eigenvalue weighted by Crippen LogP contribution is -2.13. The standard InChI is InChI=1S/C20H18ClN7/c1-11(28-20-18(22)19(23)26-10-27-20)14-9-25-15-6-5-12(21)8-13(15)17(14)16-4-2-3-7-24-16/h2-11H,22H2,1H3,(H3,23,26,27,28)/t11-/m0/s1. The summed E-state index contributed by atoms with van der Waals surface area (Å²) < 4.78 is 0. The lowest BCUT2D eigenvalue weighted by Gasteiger charge is -2.20. The van der Waals surface area contributed by atoms with Crippen molar-refractivity contribution >= 4 is 39.8 Å². The van der Waals surface area contributed by atoms with Crippen molar-refractivity contribution < 1.29 is 0 Å². The van der Waals surface area contributed by atoms with E-state index >= 15 is 0 Å². The van der Waals surface area contributed by atoms with Crippen LogP contribution in [0, 0.1) is 0 Å². The minimum absolute atomic E-state index is 0.176. The molecule has 5 N–H and O–H groups in total. The minimum Gasteiger partial charge on any atom is -0.393 e. The van der Waals surface area contributed by atoms with Gasteiger partial charge in [0.1, 0.15) is 12.0 Å². The van der Waals surface area contributed by atoms with Gasteiger partial charge in [0, 0.05) is 33.9 Å². The number of aromatic nitrogens is 4. The second-order valence-corrected chi connectivity index (χ2v) is 6.79. The van der Waals surface area contributed by atoms with Crippen molar-refractivity contribution in [2.24, 2.45) is 0 Å². The lowest BCUT2D eigenvalue weighted by molar-refractivity contribution is 0.870. The zero-order valence-electron chi connectivity index (χ0n) is 15.1. The SMILES string of the molecule is C[C@H](Nc1ncnc(N)c1N)c1cnc2ccc(Cl)cc2c1-c1ccccn1. The highest BCUT2D eigenvalue weighted by molar-refractivity contribution is 6.31. The normalized spacial score (nSPS) is 12.1. The van der Waals surface area contributed by atoms with E-state index in [0.717, 1.165) is 27.7 Å². The van der Waals surface area contributed by atoms with Gasteiger partial charge in [-0.1, -0.05) is 17.7 Å². The van der Waals surface area contributed by atoms with E-state index < -0.39 is 0 Å². The molecule has 140 valence electrons. The van der Waals surface area contributed by atoms with Gasteiger partial charge in [0.25, 0.3) is 0 Å². The zero-order valence-corrected chi connectivity index (χ0v) is 15.9. The van der Waals surface area contributed by atoms with Gasteiger partial charge in [0.15, 0.2) is 11.6 Å². The van der Waals surface area contributed by atoms with Crippen LogP contribution in [-0.2, 0) is 0 Å². The number of nitrogens with one attached hydrogen (secondary N) is 1. The zero-order chi connectivity index (χ0) is 19.7. The molecule has 1 aromatic carbocycles. The Hall–Kier alpha value is -3.45. The average molecular weight is 392 g/mol. The second-order valence-electron chi connectivity index (χ2n) is 6.35. The van der Waals surface area contributed by atoms with Crippen molar-refractivity contribution in [2.45, 2.75) is 13.0 Å². The Labute approximate surface area is 166 Å². The van der Waals surface area contributed by atoms with Crippen molar-refractivity contribution in [1.82, 2.24) is 19.9 Å². The van der Waals surface area contributed by atoms with Crippen LogP contribution < -0.4 is 16.8 Å². The Morgan fingerprint density at radius 2 is 1.89 bits per heavy atom. The molecule has 1 atom stereocenters. The number of anilines is 3. The van der Waals surface area contributed by atoms with E-state index in [9.17, 15) is 0 Å². The Morgan fingerprint density at radius 3 is 2.68 bits per heavy atom. The molecule has 0 spiro atoms. The van der Waals surface area contributed by atoms with E-state index in [1.807, 2.05) is 49.5 Å². The summed E-state index contributed by atoms with van der Waals surface area (Å²) in [6, 6.07) is 11.2. The number of halogens is 1. The summed E-state index contributed by atoms with van der Waals surface area (Å²) in [5.41, 5.74) is 15.7. The van der Waals surface area contributed by atoms with Gasteiger partial charge in [0.2, 0.25) is 0 Å². The van der Waals surface area contributed by atoms with Gasteiger partial charge in [-0.3, -0.25) is 9.97 Å². The molecular formula is C20H18ClN7. The fourth-order valence-corrected chi connectivity index (χ4v) is 3.28. The molecule has 0 fully saturated rings. The van der Waals surface area contributed by atoms with Gasteiger partial charge < -0.3 is 16.8 Å². The van der Waals surface area contributed by atoms with Gasteiger partial charge in [0.05, 0.1) is 17.3 Å². The van der Waals surface area contributed by atoms with Gasteiger partial charge in [-0.25, -0.2) is 9.97 Å². The molecule has 0 saturated heterocycles. The fraction of sp³-hybridized carbons (Fsp3) is 0.100. The topological polar surface area (TPSA) is 116 Å². The number of nitrogen functional groups attached to an aromatic ring is 2. The molecule has 0 radical (unpaired) electrons. The predicted octanol–water partition coefficient (Wildman–Crippen LogP) is 4.08. The maximum atomic E-state index is 6.27. The first-order chi connectivity index (χ1) is 13.5. The van der Waals surface area contributed by atoms with E-state index in [0.29, 0.717) is 16.5 Å². The molecule has 7 nitrogen and oxygen atoms in total. The molecule has 0 aliphatic carbocycles. The Morgan fingerprint density at radius 1 is 1.04 bits per heavy atom. The third kappa shape index (κ3) is 3.27. The van der Waals surface area contributed by atoms with Gasteiger partial charge >= 0.3 is 0 Å². The number of benzene rings is 1. The summed E-state index contributed by atoms with van der Waals surface area (Å²) in [7, 11) is 0. The molecule has 0 bridgehead atoms. The summed E-state index contributed by atoms with van der Waals surface area (Å²) in [4.78, 5) is 17.2. The van der Waals surface area contributed by atoms with Crippen LogP contribution in [-0.4, -0.2) is 19.9 Å². The predicted molar refractivity (Wildman–Crippen MR) is 113 cm³/mol. The molecule has 3 heterocycles. The number of hydrogen-bond acceptors (Lipinski definition) is 7. The van der Waals surface area contributed by atoms with Crippen molar-refractivity contribution in [2.75, 3.05) is 16.8 Å². The van der Waals surface area contributed by atoms with Crippen molar-refractivity contribution in [1.29, 1.82) is 0 Å². The van der Waals surface area contributed by atoms with Crippen LogP contribution in [0.1, 0.15) is 18.5 Å². The molecule has 4 rings (SSSR count). The third-order valence-electron chi connectivity index (χ3n) is 4.51. The molecule has 0 amide bonds. The van der Waals surface area contributed by atoms with Crippen LogP contribution in [0.3, 0.4) is 0 Å². The summed E-state index contributed by atoms with van der Waals surface area (Å²) in [5.74, 6) is 0.705. The monoisotopic (exact) mass is 391 g/mol. The Kier molecular flexibility index (Phi) is 4.67. The molecule has 0 aliphatic heterocycles. The highest BCUT2D eigenvalue weighted by Gasteiger charge is 2.19. The quantitative estimate of drug-likeness (QED) is 0.480. The first-order valence-corrected chi connectivity index (χ1v) is 9.04. The summed E-state index contributed by atoms with van der Waals surface area (Å²) in [6.07, 6.45) is 4.97. The summed E-state index contributed by atoms with van der Waals surface area (Å²) in [5, 5.41) is 4.86. The molecule has 4 aromatic rings. The van der Waals surface area contributed by atoms with Gasteiger partial charge in [-0.05, 0) is 37.3 Å². The van der Waals surface area contributed by atoms with E-state index in [2.05, 4.69) is 25.3 Å². The second kappa shape index (κ2) is 7.28. The molecule has 0 saturated carbocycles. The van der Waals surface area contributed by atoms with Crippen molar-refractivity contribution in [3.8, 4) is 11.3 Å². The van der Waals surface area contributed by atoms with Crippen LogP contribution in [0.5, 0.6) is 0 Å². The van der Waals surface area contributed by atoms with Crippen LogP contribution >= 0.6 is 11.6 Å². The molecule has 3 aromatic heterocycles. The number of nitrogens with two attached hydrogens (primary N) is 2. The van der Waals surface area contributed by atoms with E-state index in [4.69, 9.17) is 23.1 Å². The Bertz CT molecular complexity index is 1150. The van der Waals surface area contributed by atoms with Crippen LogP contribution in [0.25, 0.3) is 22.2 Å². The number of nitrogens with zero attached hydrogens (tertiary/aromatic N) is 4. The molecular weight excluding hydrogens is 374 g/mol. The van der Waals surface area contributed by atoms with Gasteiger partial charge in [-0.15, -0.1) is 0 Å². The van der Waals surface area contributed by atoms with Crippen LogP contribution in [0.4, 0.5) is 17.3 Å². The van der Waals surface area contributed by atoms with Crippen LogP contribution in [0.15, 0.2) is 55.1 Å². The lowest BCUT2D eigenvalue weighted by atomic mass is 9.96. The van der Waals surface area contributed by atoms with E-state index in [1.165, 1.54) is 6.33 Å². The van der Waals surface area contributed by atoms with Crippen molar-refractivity contribution in [3.63, 3.8) is 0 Å². The maximum Gasteiger partial charge on any atom is 0.155 e. The average Bonchev–Trinajstić information content (AvgIpc) is 2.71. The van der Waals surface area contributed by atoms with E-state index in [-0.39, 0.29) is 11.9 Å². The maximum absolute atomic E-state index is 6.27. The Balaban J connectivity index is 1.87. The molecule has 0 aliphatic rings.